The predicted molar refractivity (Wildman–Crippen MR) is 241 cm³/mol. The van der Waals surface area contributed by atoms with Gasteiger partial charge in [-0.1, -0.05) is 133 Å². The SMILES string of the molecule is c1ccc(-n2c3ccccc3c3c4c(-c5ccc(N(c6ccc(-c7cccc8ccccc78)cc6)c6ccc7oc8ccccc8c7c6)cc5)cccc4oc32)cc1. The van der Waals surface area contributed by atoms with Crippen molar-refractivity contribution in [3.8, 4) is 27.9 Å². The van der Waals surface area contributed by atoms with Crippen molar-refractivity contribution in [2.75, 3.05) is 4.90 Å². The van der Waals surface area contributed by atoms with Crippen molar-refractivity contribution in [1.82, 2.24) is 4.57 Å². The summed E-state index contributed by atoms with van der Waals surface area (Å²) in [4.78, 5) is 2.34. The minimum absolute atomic E-state index is 0.853. The molecule has 0 atom stereocenters. The Hall–Kier alpha value is -7.82. The molecule has 0 amide bonds. The second-order valence-corrected chi connectivity index (χ2v) is 14.9. The van der Waals surface area contributed by atoms with Gasteiger partial charge in [0.05, 0.1) is 10.9 Å². The summed E-state index contributed by atoms with van der Waals surface area (Å²) in [6.45, 7) is 0. The maximum Gasteiger partial charge on any atom is 0.213 e. The number of fused-ring (bicyclic) bond motifs is 9. The Kier molecular flexibility index (Phi) is 7.20. The fraction of sp³-hybridized carbons (Fsp3) is 0. The quantitative estimate of drug-likeness (QED) is 0.170. The van der Waals surface area contributed by atoms with Gasteiger partial charge < -0.3 is 13.7 Å². The summed E-state index contributed by atoms with van der Waals surface area (Å²) in [6.07, 6.45) is 0. The highest BCUT2D eigenvalue weighted by Gasteiger charge is 2.22. The van der Waals surface area contributed by atoms with Crippen molar-refractivity contribution in [3.63, 3.8) is 0 Å². The molecule has 4 heteroatoms. The van der Waals surface area contributed by atoms with Gasteiger partial charge in [0, 0.05) is 44.3 Å². The van der Waals surface area contributed by atoms with Crippen LogP contribution >= 0.6 is 0 Å². The summed E-state index contributed by atoms with van der Waals surface area (Å²) >= 11 is 0. The van der Waals surface area contributed by atoms with Gasteiger partial charge in [0.25, 0.3) is 0 Å². The van der Waals surface area contributed by atoms with Gasteiger partial charge in [-0.25, -0.2) is 0 Å². The lowest BCUT2D eigenvalue weighted by molar-refractivity contribution is 0.645. The summed E-state index contributed by atoms with van der Waals surface area (Å²) < 4.78 is 15.2. The zero-order chi connectivity index (χ0) is 38.2. The molecule has 0 spiro atoms. The molecule has 12 aromatic rings. The van der Waals surface area contributed by atoms with Gasteiger partial charge in [0.1, 0.15) is 16.7 Å². The molecule has 0 N–H and O–H groups in total. The molecule has 0 fully saturated rings. The number of para-hydroxylation sites is 3. The molecule has 0 aliphatic heterocycles. The molecule has 3 aromatic heterocycles. The number of anilines is 3. The minimum atomic E-state index is 0.853. The molecule has 0 unspecified atom stereocenters. The lowest BCUT2D eigenvalue weighted by atomic mass is 9.97. The highest BCUT2D eigenvalue weighted by atomic mass is 16.3. The monoisotopic (exact) mass is 742 g/mol. The van der Waals surface area contributed by atoms with Gasteiger partial charge in [-0.05, 0) is 106 Å². The molecule has 0 saturated heterocycles. The third kappa shape index (κ3) is 5.02. The topological polar surface area (TPSA) is 34.5 Å². The number of nitrogens with zero attached hydrogens (tertiary/aromatic N) is 2. The van der Waals surface area contributed by atoms with Gasteiger partial charge in [-0.2, -0.15) is 0 Å². The van der Waals surface area contributed by atoms with Crippen molar-refractivity contribution in [2.24, 2.45) is 0 Å². The van der Waals surface area contributed by atoms with E-state index in [0.29, 0.717) is 0 Å². The number of furan rings is 2. The zero-order valence-electron chi connectivity index (χ0n) is 31.3. The number of aromatic nitrogens is 1. The van der Waals surface area contributed by atoms with Crippen LogP contribution in [0, 0.1) is 0 Å². The Bertz CT molecular complexity index is 3490. The summed E-state index contributed by atoms with van der Waals surface area (Å²) in [5, 5.41) is 8.10. The van der Waals surface area contributed by atoms with Crippen molar-refractivity contribution in [3.05, 3.63) is 206 Å². The van der Waals surface area contributed by atoms with Crippen LogP contribution in [-0.2, 0) is 0 Å². The molecule has 4 nitrogen and oxygen atoms in total. The lowest BCUT2D eigenvalue weighted by Gasteiger charge is -2.26. The minimum Gasteiger partial charge on any atom is -0.456 e. The van der Waals surface area contributed by atoms with Gasteiger partial charge >= 0.3 is 0 Å². The largest absolute Gasteiger partial charge is 0.456 e. The first-order valence-corrected chi connectivity index (χ1v) is 19.7. The Morgan fingerprint density at radius 1 is 0.362 bits per heavy atom. The molecular weight excluding hydrogens is 709 g/mol. The fourth-order valence-corrected chi connectivity index (χ4v) is 8.96. The Morgan fingerprint density at radius 3 is 1.76 bits per heavy atom. The lowest BCUT2D eigenvalue weighted by Crippen LogP contribution is -2.09. The van der Waals surface area contributed by atoms with Gasteiger partial charge in [-0.3, -0.25) is 4.57 Å². The van der Waals surface area contributed by atoms with Crippen LogP contribution in [0.4, 0.5) is 17.1 Å². The van der Waals surface area contributed by atoms with E-state index in [-0.39, 0.29) is 0 Å². The number of hydrogen-bond donors (Lipinski definition) is 0. The van der Waals surface area contributed by atoms with Crippen molar-refractivity contribution < 1.29 is 8.83 Å². The highest BCUT2D eigenvalue weighted by molar-refractivity contribution is 6.23. The van der Waals surface area contributed by atoms with Crippen molar-refractivity contribution in [1.29, 1.82) is 0 Å². The van der Waals surface area contributed by atoms with E-state index in [1.54, 1.807) is 0 Å². The van der Waals surface area contributed by atoms with Gasteiger partial charge in [0.2, 0.25) is 5.71 Å². The predicted octanol–water partition coefficient (Wildman–Crippen LogP) is 15.4. The summed E-state index contributed by atoms with van der Waals surface area (Å²) in [5.74, 6) is 0. The average Bonchev–Trinajstić information content (AvgIpc) is 3.96. The zero-order valence-corrected chi connectivity index (χ0v) is 31.3. The highest BCUT2D eigenvalue weighted by Crippen LogP contribution is 2.45. The number of rotatable bonds is 6. The molecule has 9 aromatic carbocycles. The maximum absolute atomic E-state index is 6.73. The van der Waals surface area contributed by atoms with Crippen LogP contribution in [0.2, 0.25) is 0 Å². The van der Waals surface area contributed by atoms with Crippen LogP contribution in [0.15, 0.2) is 215 Å². The third-order valence-corrected chi connectivity index (χ3v) is 11.6. The van der Waals surface area contributed by atoms with Crippen molar-refractivity contribution in [2.45, 2.75) is 0 Å². The molecule has 58 heavy (non-hydrogen) atoms. The second-order valence-electron chi connectivity index (χ2n) is 14.9. The summed E-state index contributed by atoms with van der Waals surface area (Å²) in [7, 11) is 0. The van der Waals surface area contributed by atoms with Crippen LogP contribution in [0.25, 0.3) is 93.6 Å². The van der Waals surface area contributed by atoms with Crippen LogP contribution in [0.5, 0.6) is 0 Å². The molecule has 0 aliphatic carbocycles. The standard InChI is InChI=1S/C54H34N2O2/c1-2-14-38(15-3-1)56-48-21-8-6-18-46(48)53-52-44(20-11-23-51(52)58-54(53)56)37-26-30-40(31-27-37)55(41-32-33-50-47(34-41)45-17-7-9-22-49(45)57-50)39-28-24-36(25-29-39)43-19-10-13-35-12-4-5-16-42(35)43/h1-34H. The van der Waals surface area contributed by atoms with Crippen LogP contribution < -0.4 is 4.90 Å². The van der Waals surface area contributed by atoms with E-state index in [9.17, 15) is 0 Å². The van der Waals surface area contributed by atoms with E-state index in [1.165, 1.54) is 27.3 Å². The Morgan fingerprint density at radius 2 is 0.948 bits per heavy atom. The fourth-order valence-electron chi connectivity index (χ4n) is 8.96. The first-order chi connectivity index (χ1) is 28.8. The second kappa shape index (κ2) is 12.9. The van der Waals surface area contributed by atoms with E-state index in [4.69, 9.17) is 8.83 Å². The van der Waals surface area contributed by atoms with E-state index < -0.39 is 0 Å². The Balaban J connectivity index is 1.01. The van der Waals surface area contributed by atoms with E-state index in [1.807, 2.05) is 18.2 Å². The van der Waals surface area contributed by atoms with E-state index in [0.717, 1.165) is 83.4 Å². The van der Waals surface area contributed by atoms with Crippen LogP contribution in [0.3, 0.4) is 0 Å². The average molecular weight is 743 g/mol. The number of hydrogen-bond acceptors (Lipinski definition) is 3. The summed E-state index contributed by atoms with van der Waals surface area (Å²) in [5.41, 5.74) is 13.5. The smallest absolute Gasteiger partial charge is 0.213 e. The summed E-state index contributed by atoms with van der Waals surface area (Å²) in [6, 6.07) is 73.2. The molecule has 272 valence electrons. The van der Waals surface area contributed by atoms with Gasteiger partial charge in [0.15, 0.2) is 0 Å². The number of benzene rings is 9. The molecule has 3 heterocycles. The first-order valence-electron chi connectivity index (χ1n) is 19.7. The molecule has 0 saturated carbocycles. The van der Waals surface area contributed by atoms with E-state index in [2.05, 4.69) is 198 Å². The third-order valence-electron chi connectivity index (χ3n) is 11.6. The first kappa shape index (κ1) is 32.4. The van der Waals surface area contributed by atoms with Gasteiger partial charge in [-0.15, -0.1) is 0 Å². The molecular formula is C54H34N2O2. The van der Waals surface area contributed by atoms with E-state index >= 15 is 0 Å². The Labute approximate surface area is 334 Å². The molecule has 0 aliphatic rings. The molecule has 12 rings (SSSR count). The normalized spacial score (nSPS) is 11.8. The van der Waals surface area contributed by atoms with Crippen LogP contribution in [0.1, 0.15) is 0 Å². The molecule has 0 bridgehead atoms. The molecule has 0 radical (unpaired) electrons. The van der Waals surface area contributed by atoms with Crippen molar-refractivity contribution >= 4 is 82.7 Å². The van der Waals surface area contributed by atoms with Crippen LogP contribution in [-0.4, -0.2) is 4.57 Å². The maximum atomic E-state index is 6.73.